The van der Waals surface area contributed by atoms with Crippen molar-refractivity contribution in [3.63, 3.8) is 0 Å². The molecule has 1 radical (unpaired) electrons. The number of hydrogen-bond donors (Lipinski definition) is 0. The Morgan fingerprint density at radius 1 is 0.815 bits per heavy atom. The van der Waals surface area contributed by atoms with Gasteiger partial charge < -0.3 is 4.74 Å². The van der Waals surface area contributed by atoms with E-state index in [0.29, 0.717) is 18.9 Å². The summed E-state index contributed by atoms with van der Waals surface area (Å²) >= 11 is 6.14. The summed E-state index contributed by atoms with van der Waals surface area (Å²) in [7, 11) is 0. The minimum Gasteiger partial charge on any atom is -0.494 e. The maximum Gasteiger partial charge on any atom is 0.123 e. The third-order valence-electron chi connectivity index (χ3n) is 4.31. The first-order valence-corrected chi connectivity index (χ1v) is 9.39. The highest BCUT2D eigenvalue weighted by Crippen LogP contribution is 2.35. The highest BCUT2D eigenvalue weighted by Gasteiger charge is 2.14. The van der Waals surface area contributed by atoms with Gasteiger partial charge in [0.2, 0.25) is 0 Å². The summed E-state index contributed by atoms with van der Waals surface area (Å²) in [5, 5.41) is 0. The molecule has 0 aliphatic rings. The van der Waals surface area contributed by atoms with Crippen LogP contribution < -0.4 is 4.74 Å². The summed E-state index contributed by atoms with van der Waals surface area (Å²) < 4.78 is 19.0. The van der Waals surface area contributed by atoms with E-state index in [1.54, 1.807) is 0 Å². The molecular formula is C24H21ClFO. The second-order valence-corrected chi connectivity index (χ2v) is 6.42. The Morgan fingerprint density at radius 3 is 1.96 bits per heavy atom. The molecule has 0 atom stereocenters. The van der Waals surface area contributed by atoms with E-state index in [1.807, 2.05) is 54.6 Å². The van der Waals surface area contributed by atoms with Gasteiger partial charge in [0.05, 0.1) is 6.61 Å². The first kappa shape index (κ1) is 19.2. The van der Waals surface area contributed by atoms with Gasteiger partial charge in [-0.25, -0.2) is 4.39 Å². The number of rotatable bonds is 7. The van der Waals surface area contributed by atoms with Gasteiger partial charge >= 0.3 is 0 Å². The molecule has 0 bridgehead atoms. The molecule has 0 amide bonds. The van der Waals surface area contributed by atoms with Gasteiger partial charge in [0.1, 0.15) is 11.6 Å². The maximum atomic E-state index is 13.5. The van der Waals surface area contributed by atoms with E-state index < -0.39 is 0 Å². The summed E-state index contributed by atoms with van der Waals surface area (Å²) in [6, 6.07) is 24.6. The maximum absolute atomic E-state index is 13.5. The van der Waals surface area contributed by atoms with Crippen molar-refractivity contribution in [2.24, 2.45) is 0 Å². The van der Waals surface area contributed by atoms with E-state index >= 15 is 0 Å². The quantitative estimate of drug-likeness (QED) is 0.331. The van der Waals surface area contributed by atoms with Crippen LogP contribution in [0.4, 0.5) is 4.39 Å². The first-order valence-electron chi connectivity index (χ1n) is 8.86. The van der Waals surface area contributed by atoms with Crippen molar-refractivity contribution in [3.8, 4) is 5.75 Å². The Balaban J connectivity index is 2.20. The zero-order valence-corrected chi connectivity index (χ0v) is 15.8. The van der Waals surface area contributed by atoms with Gasteiger partial charge in [0.15, 0.2) is 0 Å². The van der Waals surface area contributed by atoms with Gasteiger partial charge in [-0.1, -0.05) is 54.6 Å². The minimum absolute atomic E-state index is 0.254. The fourth-order valence-corrected chi connectivity index (χ4v) is 3.30. The van der Waals surface area contributed by atoms with Crippen molar-refractivity contribution in [1.29, 1.82) is 0 Å². The number of allylic oxidation sites excluding steroid dienone is 1. The average molecular weight is 380 g/mol. The fourth-order valence-electron chi connectivity index (χ4n) is 3.11. The molecule has 0 aliphatic heterocycles. The Bertz CT molecular complexity index is 884. The van der Waals surface area contributed by atoms with E-state index in [1.165, 1.54) is 12.1 Å². The third kappa shape index (κ3) is 4.78. The molecule has 3 aromatic rings. The van der Waals surface area contributed by atoms with Gasteiger partial charge in [-0.3, -0.25) is 0 Å². The lowest BCUT2D eigenvalue weighted by Crippen LogP contribution is -1.97. The third-order valence-corrected chi connectivity index (χ3v) is 4.50. The van der Waals surface area contributed by atoms with Gasteiger partial charge in [-0.05, 0) is 65.4 Å². The van der Waals surface area contributed by atoms with Crippen molar-refractivity contribution in [2.75, 3.05) is 12.5 Å². The van der Waals surface area contributed by atoms with Crippen LogP contribution in [0.1, 0.15) is 23.1 Å². The van der Waals surface area contributed by atoms with Crippen molar-refractivity contribution in [3.05, 3.63) is 108 Å². The van der Waals surface area contributed by atoms with Crippen LogP contribution in [0.25, 0.3) is 11.1 Å². The van der Waals surface area contributed by atoms with Crippen molar-refractivity contribution >= 4 is 22.7 Å². The monoisotopic (exact) mass is 379 g/mol. The van der Waals surface area contributed by atoms with Crippen LogP contribution in [0.3, 0.4) is 0 Å². The highest BCUT2D eigenvalue weighted by molar-refractivity contribution is 6.18. The smallest absolute Gasteiger partial charge is 0.123 e. The number of ether oxygens (including phenoxy) is 1. The van der Waals surface area contributed by atoms with Crippen LogP contribution in [-0.2, 0) is 0 Å². The Hall–Kier alpha value is -2.58. The summed E-state index contributed by atoms with van der Waals surface area (Å²) in [4.78, 5) is 0. The lowest BCUT2D eigenvalue weighted by Gasteiger charge is -2.17. The zero-order chi connectivity index (χ0) is 19.1. The number of hydrogen-bond acceptors (Lipinski definition) is 1. The second-order valence-electron chi connectivity index (χ2n) is 6.04. The molecule has 0 aromatic heterocycles. The molecule has 0 aliphatic carbocycles. The van der Waals surface area contributed by atoms with Gasteiger partial charge in [0, 0.05) is 5.88 Å². The highest BCUT2D eigenvalue weighted by atomic mass is 35.5. The van der Waals surface area contributed by atoms with E-state index in [2.05, 4.69) is 19.1 Å². The first-order chi connectivity index (χ1) is 13.2. The van der Waals surface area contributed by atoms with Crippen LogP contribution in [0.5, 0.6) is 5.75 Å². The zero-order valence-electron chi connectivity index (χ0n) is 15.0. The summed E-state index contributed by atoms with van der Waals surface area (Å²) in [5.41, 5.74) is 5.26. The normalized spacial score (nSPS) is 11.8. The van der Waals surface area contributed by atoms with Gasteiger partial charge in [-0.2, -0.15) is 0 Å². The van der Waals surface area contributed by atoms with Crippen LogP contribution >= 0.6 is 11.6 Å². The molecule has 0 saturated carbocycles. The van der Waals surface area contributed by atoms with Crippen LogP contribution in [0.2, 0.25) is 0 Å². The largest absolute Gasteiger partial charge is 0.494 e. The molecule has 0 heterocycles. The molecule has 0 spiro atoms. The molecule has 0 saturated heterocycles. The van der Waals surface area contributed by atoms with Crippen molar-refractivity contribution < 1.29 is 9.13 Å². The number of alkyl halides is 1. The van der Waals surface area contributed by atoms with Crippen LogP contribution in [0.15, 0.2) is 78.9 Å². The van der Waals surface area contributed by atoms with Crippen molar-refractivity contribution in [1.82, 2.24) is 0 Å². The molecule has 27 heavy (non-hydrogen) atoms. The summed E-state index contributed by atoms with van der Waals surface area (Å²) in [6.45, 7) is 4.08. The Labute approximate surface area is 165 Å². The fraction of sp³-hybridized carbons (Fsp3) is 0.125. The predicted octanol–water partition coefficient (Wildman–Crippen LogP) is 6.63. The second kappa shape index (κ2) is 9.38. The van der Waals surface area contributed by atoms with E-state index in [9.17, 15) is 4.39 Å². The van der Waals surface area contributed by atoms with Gasteiger partial charge in [-0.15, -0.1) is 11.6 Å². The summed E-state index contributed by atoms with van der Waals surface area (Å²) in [5.74, 6) is 1.01. The molecule has 137 valence electrons. The molecule has 3 heteroatoms. The minimum atomic E-state index is -0.254. The topological polar surface area (TPSA) is 9.23 Å². The summed E-state index contributed by atoms with van der Waals surface area (Å²) in [6.07, 6.45) is 0.704. The predicted molar refractivity (Wildman–Crippen MR) is 111 cm³/mol. The standard InChI is InChI=1S/C24H21ClFO/c1-2-27-22-14-10-20(11-15-22)24(19-8-12-21(26)13-9-19)23(16-17-25)18-6-4-3-5-7-18/h3-15H,1-2,16-17H2/b24-23-. The Kier molecular flexibility index (Phi) is 6.67. The molecule has 3 aromatic carbocycles. The van der Waals surface area contributed by atoms with E-state index in [-0.39, 0.29) is 5.82 Å². The molecular weight excluding hydrogens is 359 g/mol. The SMILES string of the molecule is [CH2]COc1ccc(/C(=C(/CCCl)c2ccccc2)c2ccc(F)cc2)cc1. The molecule has 0 unspecified atom stereocenters. The molecule has 1 nitrogen and oxygen atoms in total. The average Bonchev–Trinajstić information content (AvgIpc) is 2.71. The van der Waals surface area contributed by atoms with Crippen molar-refractivity contribution in [2.45, 2.75) is 6.42 Å². The lowest BCUT2D eigenvalue weighted by molar-refractivity contribution is 0.361. The molecule has 0 fully saturated rings. The Morgan fingerprint density at radius 2 is 1.41 bits per heavy atom. The molecule has 0 N–H and O–H groups in total. The van der Waals surface area contributed by atoms with Gasteiger partial charge in [0.25, 0.3) is 0 Å². The van der Waals surface area contributed by atoms with E-state index in [4.69, 9.17) is 16.3 Å². The molecule has 3 rings (SSSR count). The lowest BCUT2D eigenvalue weighted by atomic mass is 9.88. The van der Waals surface area contributed by atoms with E-state index in [0.717, 1.165) is 33.6 Å². The van der Waals surface area contributed by atoms with Crippen LogP contribution in [-0.4, -0.2) is 12.5 Å². The number of halogens is 2. The van der Waals surface area contributed by atoms with Crippen LogP contribution in [0, 0.1) is 12.7 Å². The number of benzene rings is 3.